The van der Waals surface area contributed by atoms with E-state index in [-0.39, 0.29) is 0 Å². The van der Waals surface area contributed by atoms with Crippen molar-refractivity contribution in [1.82, 2.24) is 15.0 Å². The van der Waals surface area contributed by atoms with Gasteiger partial charge in [-0.3, -0.25) is 0 Å². The molecule has 0 saturated carbocycles. The summed E-state index contributed by atoms with van der Waals surface area (Å²) in [6.45, 7) is 5.85. The Labute approximate surface area is 140 Å². The molecule has 1 aliphatic rings. The summed E-state index contributed by atoms with van der Waals surface area (Å²) >= 11 is 0. The van der Waals surface area contributed by atoms with Gasteiger partial charge in [0.25, 0.3) is 0 Å². The molecule has 1 aliphatic heterocycles. The summed E-state index contributed by atoms with van der Waals surface area (Å²) in [5.74, 6) is 2.57. The molecule has 7 nitrogen and oxygen atoms in total. The van der Waals surface area contributed by atoms with Crippen LogP contribution in [-0.2, 0) is 11.2 Å². The van der Waals surface area contributed by atoms with Gasteiger partial charge in [0.05, 0.1) is 24.9 Å². The van der Waals surface area contributed by atoms with E-state index in [1.165, 1.54) is 0 Å². The summed E-state index contributed by atoms with van der Waals surface area (Å²) < 4.78 is 10.8. The number of hydrogen-bond acceptors (Lipinski definition) is 6. The molecule has 0 radical (unpaired) electrons. The van der Waals surface area contributed by atoms with Crippen LogP contribution in [0.1, 0.15) is 11.5 Å². The third-order valence-electron chi connectivity index (χ3n) is 4.15. The molecule has 0 aliphatic carbocycles. The first-order chi connectivity index (χ1) is 11.8. The number of ether oxygens (including phenoxy) is 1. The highest BCUT2D eigenvalue weighted by Gasteiger charge is 2.17. The lowest BCUT2D eigenvalue weighted by atomic mass is 10.3. The van der Waals surface area contributed by atoms with E-state index in [1.807, 2.05) is 19.1 Å². The predicted octanol–water partition coefficient (Wildman–Crippen LogP) is 2.35. The van der Waals surface area contributed by atoms with Crippen LogP contribution in [0, 0.1) is 6.92 Å². The minimum Gasteiger partial charge on any atom is -0.469 e. The summed E-state index contributed by atoms with van der Waals surface area (Å²) in [6.07, 6.45) is 2.51. The van der Waals surface area contributed by atoms with Gasteiger partial charge in [-0.05, 0) is 25.1 Å². The maximum Gasteiger partial charge on any atom is 0.229 e. The Kier molecular flexibility index (Phi) is 4.08. The molecule has 0 spiro atoms. The van der Waals surface area contributed by atoms with Gasteiger partial charge in [0.2, 0.25) is 5.95 Å². The molecule has 0 aromatic carbocycles. The fourth-order valence-electron chi connectivity index (χ4n) is 2.93. The number of nitrogens with one attached hydrogen (secondary N) is 2. The zero-order valence-corrected chi connectivity index (χ0v) is 13.7. The van der Waals surface area contributed by atoms with Crippen LogP contribution in [0.2, 0.25) is 0 Å². The van der Waals surface area contributed by atoms with E-state index >= 15 is 0 Å². The second-order valence-corrected chi connectivity index (χ2v) is 5.94. The van der Waals surface area contributed by atoms with Crippen molar-refractivity contribution in [3.8, 4) is 0 Å². The number of aromatic amines is 1. The van der Waals surface area contributed by atoms with Crippen LogP contribution in [-0.4, -0.2) is 47.8 Å². The van der Waals surface area contributed by atoms with Gasteiger partial charge in [0.1, 0.15) is 17.2 Å². The second kappa shape index (κ2) is 6.52. The van der Waals surface area contributed by atoms with Crippen LogP contribution >= 0.6 is 0 Å². The summed E-state index contributed by atoms with van der Waals surface area (Å²) in [5, 5.41) is 4.45. The summed E-state index contributed by atoms with van der Waals surface area (Å²) in [7, 11) is 0. The van der Waals surface area contributed by atoms with Crippen molar-refractivity contribution in [1.29, 1.82) is 0 Å². The molecule has 24 heavy (non-hydrogen) atoms. The van der Waals surface area contributed by atoms with Gasteiger partial charge in [0, 0.05) is 31.7 Å². The number of aryl methyl sites for hydroxylation is 1. The van der Waals surface area contributed by atoms with Gasteiger partial charge in [0.15, 0.2) is 0 Å². The molecule has 2 N–H and O–H groups in total. The standard InChI is InChI=1S/C17H21N5O2/c1-12-11-14-15(18-5-4-13-3-2-8-24-13)20-17(21-16(14)19-12)22-6-9-23-10-7-22/h2-3,8,11H,4-7,9-10H2,1H3,(H2,18,19,20,21). The van der Waals surface area contributed by atoms with Crippen LogP contribution in [0.4, 0.5) is 11.8 Å². The Morgan fingerprint density at radius 3 is 2.96 bits per heavy atom. The Morgan fingerprint density at radius 1 is 1.29 bits per heavy atom. The highest BCUT2D eigenvalue weighted by atomic mass is 16.5. The van der Waals surface area contributed by atoms with E-state index in [4.69, 9.17) is 14.1 Å². The van der Waals surface area contributed by atoms with Crippen LogP contribution < -0.4 is 10.2 Å². The van der Waals surface area contributed by atoms with E-state index in [2.05, 4.69) is 26.3 Å². The fraction of sp³-hybridized carbons (Fsp3) is 0.412. The van der Waals surface area contributed by atoms with Crippen molar-refractivity contribution in [3.63, 3.8) is 0 Å². The topological polar surface area (TPSA) is 79.2 Å². The molecule has 3 aromatic heterocycles. The zero-order valence-electron chi connectivity index (χ0n) is 13.7. The van der Waals surface area contributed by atoms with Crippen molar-refractivity contribution in [2.24, 2.45) is 0 Å². The minimum absolute atomic E-state index is 0.715. The lowest BCUT2D eigenvalue weighted by molar-refractivity contribution is 0.122. The largest absolute Gasteiger partial charge is 0.469 e. The predicted molar refractivity (Wildman–Crippen MR) is 92.6 cm³/mol. The van der Waals surface area contributed by atoms with Crippen LogP contribution in [0.5, 0.6) is 0 Å². The molecule has 1 fully saturated rings. The minimum atomic E-state index is 0.715. The molecule has 0 unspecified atom stereocenters. The Hall–Kier alpha value is -2.54. The normalized spacial score (nSPS) is 15.1. The maximum absolute atomic E-state index is 5.42. The monoisotopic (exact) mass is 327 g/mol. The molecule has 3 aromatic rings. The Morgan fingerprint density at radius 2 is 2.17 bits per heavy atom. The number of H-pyrrole nitrogens is 1. The van der Waals surface area contributed by atoms with Gasteiger partial charge in [-0.2, -0.15) is 9.97 Å². The Balaban J connectivity index is 1.59. The third-order valence-corrected chi connectivity index (χ3v) is 4.15. The van der Waals surface area contributed by atoms with Crippen molar-refractivity contribution >= 4 is 22.8 Å². The molecule has 0 amide bonds. The first-order valence-electron chi connectivity index (χ1n) is 8.26. The number of aromatic nitrogens is 3. The van der Waals surface area contributed by atoms with Crippen molar-refractivity contribution < 1.29 is 9.15 Å². The van der Waals surface area contributed by atoms with E-state index in [0.29, 0.717) is 13.2 Å². The van der Waals surface area contributed by atoms with E-state index < -0.39 is 0 Å². The first-order valence-corrected chi connectivity index (χ1v) is 8.26. The number of nitrogens with zero attached hydrogens (tertiary/aromatic N) is 3. The van der Waals surface area contributed by atoms with Gasteiger partial charge in [-0.15, -0.1) is 0 Å². The van der Waals surface area contributed by atoms with Crippen LogP contribution in [0.3, 0.4) is 0 Å². The fourth-order valence-corrected chi connectivity index (χ4v) is 2.93. The number of morpholine rings is 1. The quantitative estimate of drug-likeness (QED) is 0.749. The molecule has 1 saturated heterocycles. The number of furan rings is 1. The highest BCUT2D eigenvalue weighted by molar-refractivity contribution is 5.89. The molecule has 0 atom stereocenters. The van der Waals surface area contributed by atoms with E-state index in [1.54, 1.807) is 6.26 Å². The molecule has 0 bridgehead atoms. The number of anilines is 2. The molecule has 4 rings (SSSR count). The van der Waals surface area contributed by atoms with E-state index in [0.717, 1.165) is 60.3 Å². The van der Waals surface area contributed by atoms with Crippen LogP contribution in [0.15, 0.2) is 28.9 Å². The summed E-state index contributed by atoms with van der Waals surface area (Å²) in [5.41, 5.74) is 1.94. The SMILES string of the molecule is Cc1cc2c(NCCc3ccco3)nc(N3CCOCC3)nc2[nH]1. The van der Waals surface area contributed by atoms with Crippen molar-refractivity contribution in [2.45, 2.75) is 13.3 Å². The Bertz CT molecular complexity index is 806. The lowest BCUT2D eigenvalue weighted by Crippen LogP contribution is -2.37. The molecule has 126 valence electrons. The number of fused-ring (bicyclic) bond motifs is 1. The third kappa shape index (κ3) is 3.07. The summed E-state index contributed by atoms with van der Waals surface area (Å²) in [6, 6.07) is 5.97. The van der Waals surface area contributed by atoms with Crippen molar-refractivity contribution in [3.05, 3.63) is 35.9 Å². The molecule has 7 heteroatoms. The van der Waals surface area contributed by atoms with Gasteiger partial charge < -0.3 is 24.4 Å². The average molecular weight is 327 g/mol. The van der Waals surface area contributed by atoms with Gasteiger partial charge >= 0.3 is 0 Å². The molecule has 4 heterocycles. The highest BCUT2D eigenvalue weighted by Crippen LogP contribution is 2.24. The average Bonchev–Trinajstić information content (AvgIpc) is 3.24. The van der Waals surface area contributed by atoms with Gasteiger partial charge in [-0.1, -0.05) is 0 Å². The van der Waals surface area contributed by atoms with Crippen molar-refractivity contribution in [2.75, 3.05) is 43.1 Å². The molecular weight excluding hydrogens is 306 g/mol. The smallest absolute Gasteiger partial charge is 0.229 e. The number of rotatable bonds is 5. The van der Waals surface area contributed by atoms with E-state index in [9.17, 15) is 0 Å². The van der Waals surface area contributed by atoms with Crippen LogP contribution in [0.25, 0.3) is 11.0 Å². The summed E-state index contributed by atoms with van der Waals surface area (Å²) in [4.78, 5) is 14.9. The lowest BCUT2D eigenvalue weighted by Gasteiger charge is -2.27. The van der Waals surface area contributed by atoms with Gasteiger partial charge in [-0.25, -0.2) is 0 Å². The first kappa shape index (κ1) is 15.0. The zero-order chi connectivity index (χ0) is 16.4. The second-order valence-electron chi connectivity index (χ2n) is 5.94. The molecular formula is C17H21N5O2. The number of hydrogen-bond donors (Lipinski definition) is 2. The maximum atomic E-state index is 5.42.